The van der Waals surface area contributed by atoms with Gasteiger partial charge in [0.15, 0.2) is 0 Å². The molecule has 5 heteroatoms. The first-order valence-electron chi connectivity index (χ1n) is 5.92. The molecule has 2 rings (SSSR count). The Labute approximate surface area is 111 Å². The average Bonchev–Trinajstić information content (AvgIpc) is 2.75. The SMILES string of the molecule is Cc1occc1CN(C)c1cc(C(N)=O)ccc1N. The van der Waals surface area contributed by atoms with Crippen LogP contribution in [-0.4, -0.2) is 13.0 Å². The summed E-state index contributed by atoms with van der Waals surface area (Å²) in [4.78, 5) is 13.2. The maximum absolute atomic E-state index is 11.2. The third kappa shape index (κ3) is 2.70. The number of hydrogen-bond acceptors (Lipinski definition) is 4. The number of benzene rings is 1. The minimum absolute atomic E-state index is 0.444. The van der Waals surface area contributed by atoms with Crippen molar-refractivity contribution < 1.29 is 9.21 Å². The monoisotopic (exact) mass is 259 g/mol. The molecular weight excluding hydrogens is 242 g/mol. The zero-order chi connectivity index (χ0) is 14.0. The van der Waals surface area contributed by atoms with Crippen molar-refractivity contribution in [2.75, 3.05) is 17.7 Å². The molecule has 1 aromatic carbocycles. The van der Waals surface area contributed by atoms with Gasteiger partial charge in [-0.15, -0.1) is 0 Å². The fourth-order valence-corrected chi connectivity index (χ4v) is 1.94. The molecule has 5 nitrogen and oxygen atoms in total. The van der Waals surface area contributed by atoms with E-state index in [0.717, 1.165) is 17.0 Å². The van der Waals surface area contributed by atoms with Crippen LogP contribution in [0.4, 0.5) is 11.4 Å². The highest BCUT2D eigenvalue weighted by Gasteiger charge is 2.11. The van der Waals surface area contributed by atoms with Crippen LogP contribution >= 0.6 is 0 Å². The number of carbonyl (C=O) groups is 1. The summed E-state index contributed by atoms with van der Waals surface area (Å²) >= 11 is 0. The Bertz CT molecular complexity index is 604. The summed E-state index contributed by atoms with van der Waals surface area (Å²) in [6.45, 7) is 2.56. The van der Waals surface area contributed by atoms with Gasteiger partial charge in [-0.25, -0.2) is 0 Å². The summed E-state index contributed by atoms with van der Waals surface area (Å²) in [6, 6.07) is 6.93. The van der Waals surface area contributed by atoms with Crippen molar-refractivity contribution in [3.63, 3.8) is 0 Å². The maximum Gasteiger partial charge on any atom is 0.248 e. The minimum Gasteiger partial charge on any atom is -0.469 e. The van der Waals surface area contributed by atoms with Gasteiger partial charge >= 0.3 is 0 Å². The van der Waals surface area contributed by atoms with E-state index < -0.39 is 5.91 Å². The van der Waals surface area contributed by atoms with Crippen LogP contribution in [0.5, 0.6) is 0 Å². The molecule has 1 heterocycles. The number of carbonyl (C=O) groups excluding carboxylic acids is 1. The number of aryl methyl sites for hydroxylation is 1. The lowest BCUT2D eigenvalue weighted by Gasteiger charge is -2.21. The Morgan fingerprint density at radius 3 is 2.68 bits per heavy atom. The molecular formula is C14H17N3O2. The van der Waals surface area contributed by atoms with E-state index in [-0.39, 0.29) is 0 Å². The van der Waals surface area contributed by atoms with Gasteiger partial charge in [-0.3, -0.25) is 4.79 Å². The number of hydrogen-bond donors (Lipinski definition) is 2. The second kappa shape index (κ2) is 5.06. The fraction of sp³-hybridized carbons (Fsp3) is 0.214. The van der Waals surface area contributed by atoms with Crippen molar-refractivity contribution in [1.82, 2.24) is 0 Å². The van der Waals surface area contributed by atoms with E-state index in [1.165, 1.54) is 0 Å². The largest absolute Gasteiger partial charge is 0.469 e. The van der Waals surface area contributed by atoms with Gasteiger partial charge < -0.3 is 20.8 Å². The summed E-state index contributed by atoms with van der Waals surface area (Å²) in [7, 11) is 1.91. The molecule has 100 valence electrons. The predicted octanol–water partition coefficient (Wildman–Crippen LogP) is 1.91. The number of amides is 1. The van der Waals surface area contributed by atoms with Gasteiger partial charge in [0.25, 0.3) is 0 Å². The van der Waals surface area contributed by atoms with E-state index in [9.17, 15) is 4.79 Å². The van der Waals surface area contributed by atoms with Crippen molar-refractivity contribution in [2.45, 2.75) is 13.5 Å². The highest BCUT2D eigenvalue weighted by molar-refractivity contribution is 5.95. The molecule has 1 aromatic heterocycles. The van der Waals surface area contributed by atoms with Crippen molar-refractivity contribution >= 4 is 17.3 Å². The first-order chi connectivity index (χ1) is 8.99. The van der Waals surface area contributed by atoms with Crippen LogP contribution in [0, 0.1) is 6.92 Å². The number of primary amides is 1. The van der Waals surface area contributed by atoms with Crippen LogP contribution in [0.2, 0.25) is 0 Å². The van der Waals surface area contributed by atoms with Crippen molar-refractivity contribution in [3.05, 3.63) is 47.4 Å². The van der Waals surface area contributed by atoms with E-state index in [1.54, 1.807) is 24.5 Å². The van der Waals surface area contributed by atoms with Crippen LogP contribution in [0.1, 0.15) is 21.7 Å². The third-order valence-electron chi connectivity index (χ3n) is 3.10. The van der Waals surface area contributed by atoms with E-state index in [0.29, 0.717) is 17.8 Å². The predicted molar refractivity (Wildman–Crippen MR) is 74.9 cm³/mol. The lowest BCUT2D eigenvalue weighted by molar-refractivity contribution is 0.100. The van der Waals surface area contributed by atoms with Crippen LogP contribution in [0.15, 0.2) is 34.9 Å². The Morgan fingerprint density at radius 2 is 2.11 bits per heavy atom. The summed E-state index contributed by atoms with van der Waals surface area (Å²) in [5.41, 5.74) is 14.1. The highest BCUT2D eigenvalue weighted by Crippen LogP contribution is 2.25. The Hall–Kier alpha value is -2.43. The molecule has 1 amide bonds. The topological polar surface area (TPSA) is 85.5 Å². The molecule has 0 atom stereocenters. The van der Waals surface area contributed by atoms with Gasteiger partial charge in [0, 0.05) is 24.7 Å². The summed E-state index contributed by atoms with van der Waals surface area (Å²) in [6.07, 6.45) is 1.65. The van der Waals surface area contributed by atoms with Crippen LogP contribution in [0.25, 0.3) is 0 Å². The molecule has 0 bridgehead atoms. The second-order valence-corrected chi connectivity index (χ2v) is 4.50. The summed E-state index contributed by atoms with van der Waals surface area (Å²) in [5.74, 6) is 0.408. The number of anilines is 2. The standard InChI is InChI=1S/C14H17N3O2/c1-9-11(5-6-19-9)8-17(2)13-7-10(14(16)18)3-4-12(13)15/h3-7H,8,15H2,1-2H3,(H2,16,18). The number of nitrogen functional groups attached to an aromatic ring is 1. The number of furan rings is 1. The molecule has 4 N–H and O–H groups in total. The molecule has 2 aromatic rings. The van der Waals surface area contributed by atoms with Gasteiger partial charge in [0.2, 0.25) is 5.91 Å². The van der Waals surface area contributed by atoms with E-state index >= 15 is 0 Å². The molecule has 0 saturated heterocycles. The second-order valence-electron chi connectivity index (χ2n) is 4.50. The van der Waals surface area contributed by atoms with Crippen molar-refractivity contribution in [2.24, 2.45) is 5.73 Å². The third-order valence-corrected chi connectivity index (χ3v) is 3.10. The normalized spacial score (nSPS) is 10.4. The van der Waals surface area contributed by atoms with Crippen molar-refractivity contribution in [1.29, 1.82) is 0 Å². The van der Waals surface area contributed by atoms with Crippen molar-refractivity contribution in [3.8, 4) is 0 Å². The van der Waals surface area contributed by atoms with Crippen LogP contribution in [-0.2, 0) is 6.54 Å². The van der Waals surface area contributed by atoms with Gasteiger partial charge in [0.1, 0.15) is 5.76 Å². The van der Waals surface area contributed by atoms with Gasteiger partial charge in [-0.2, -0.15) is 0 Å². The molecule has 0 aliphatic rings. The lowest BCUT2D eigenvalue weighted by Crippen LogP contribution is -2.19. The fourth-order valence-electron chi connectivity index (χ4n) is 1.94. The smallest absolute Gasteiger partial charge is 0.248 e. The minimum atomic E-state index is -0.464. The van der Waals surface area contributed by atoms with Gasteiger partial charge in [-0.1, -0.05) is 0 Å². The molecule has 0 saturated carbocycles. The zero-order valence-corrected chi connectivity index (χ0v) is 11.0. The van der Waals surface area contributed by atoms with Crippen LogP contribution in [0.3, 0.4) is 0 Å². The Morgan fingerprint density at radius 1 is 1.37 bits per heavy atom. The molecule has 0 spiro atoms. The van der Waals surface area contributed by atoms with E-state index in [4.69, 9.17) is 15.9 Å². The zero-order valence-electron chi connectivity index (χ0n) is 11.0. The maximum atomic E-state index is 11.2. The quantitative estimate of drug-likeness (QED) is 0.821. The van der Waals surface area contributed by atoms with Gasteiger partial charge in [0.05, 0.1) is 17.6 Å². The van der Waals surface area contributed by atoms with E-state index in [1.807, 2.05) is 24.9 Å². The number of nitrogens with zero attached hydrogens (tertiary/aromatic N) is 1. The lowest BCUT2D eigenvalue weighted by atomic mass is 10.1. The molecule has 0 radical (unpaired) electrons. The molecule has 0 aliphatic carbocycles. The summed E-state index contributed by atoms with van der Waals surface area (Å²) in [5, 5.41) is 0. The first kappa shape index (κ1) is 13.0. The Kier molecular flexibility index (Phi) is 3.46. The molecule has 0 unspecified atom stereocenters. The first-order valence-corrected chi connectivity index (χ1v) is 5.92. The Balaban J connectivity index is 2.28. The molecule has 19 heavy (non-hydrogen) atoms. The van der Waals surface area contributed by atoms with Crippen LogP contribution < -0.4 is 16.4 Å². The molecule has 0 aliphatic heterocycles. The highest BCUT2D eigenvalue weighted by atomic mass is 16.3. The average molecular weight is 259 g/mol. The van der Waals surface area contributed by atoms with E-state index in [2.05, 4.69) is 0 Å². The molecule has 0 fully saturated rings. The number of nitrogens with two attached hydrogens (primary N) is 2. The summed E-state index contributed by atoms with van der Waals surface area (Å²) < 4.78 is 5.26. The number of rotatable bonds is 4. The van der Waals surface area contributed by atoms with Gasteiger partial charge in [-0.05, 0) is 31.2 Å².